The molecule has 5 heteroatoms. The molecule has 0 radical (unpaired) electrons. The number of rotatable bonds is 6. The van der Waals surface area contributed by atoms with Crippen molar-refractivity contribution in [3.63, 3.8) is 0 Å². The van der Waals surface area contributed by atoms with Crippen LogP contribution in [0.15, 0.2) is 30.3 Å². The Morgan fingerprint density at radius 1 is 1.33 bits per heavy atom. The van der Waals surface area contributed by atoms with Gasteiger partial charge in [-0.1, -0.05) is 42.1 Å². The summed E-state index contributed by atoms with van der Waals surface area (Å²) in [5.74, 6) is 0.423. The fourth-order valence-electron chi connectivity index (χ4n) is 1.40. The van der Waals surface area contributed by atoms with Crippen LogP contribution in [0.1, 0.15) is 25.0 Å². The molecule has 1 atom stereocenters. The minimum absolute atomic E-state index is 0.0725. The number of benzene rings is 1. The van der Waals surface area contributed by atoms with E-state index < -0.39 is 6.10 Å². The maximum Gasteiger partial charge on any atom is 0.216 e. The molecule has 0 bridgehead atoms. The standard InChI is InChI=1S/C13H17NO3S/c1-10(15)14-7-8-18-13(17)9-12(16)11-5-3-2-4-6-11/h2-6,12,16H,7-9H2,1H3,(H,14,15)/t12-/m0/s1. The van der Waals surface area contributed by atoms with Crippen LogP contribution in [0.2, 0.25) is 0 Å². The van der Waals surface area contributed by atoms with Gasteiger partial charge in [-0.05, 0) is 5.56 Å². The highest BCUT2D eigenvalue weighted by Crippen LogP contribution is 2.19. The lowest BCUT2D eigenvalue weighted by Crippen LogP contribution is -2.22. The van der Waals surface area contributed by atoms with Crippen molar-refractivity contribution in [2.24, 2.45) is 0 Å². The molecule has 0 fully saturated rings. The van der Waals surface area contributed by atoms with E-state index in [0.29, 0.717) is 12.3 Å². The summed E-state index contributed by atoms with van der Waals surface area (Å²) in [5.41, 5.74) is 0.744. The van der Waals surface area contributed by atoms with Crippen LogP contribution in [0.4, 0.5) is 0 Å². The summed E-state index contributed by atoms with van der Waals surface area (Å²) < 4.78 is 0. The second kappa shape index (κ2) is 7.89. The number of aliphatic hydroxyl groups is 1. The van der Waals surface area contributed by atoms with Crippen LogP contribution in [0.25, 0.3) is 0 Å². The molecule has 1 aromatic carbocycles. The van der Waals surface area contributed by atoms with Crippen LogP contribution in [-0.4, -0.2) is 28.4 Å². The van der Waals surface area contributed by atoms with E-state index in [2.05, 4.69) is 5.32 Å². The van der Waals surface area contributed by atoms with Gasteiger partial charge in [0.05, 0.1) is 6.10 Å². The predicted octanol–water partition coefficient (Wildman–Crippen LogP) is 1.51. The van der Waals surface area contributed by atoms with Crippen molar-refractivity contribution in [3.8, 4) is 0 Å². The first-order valence-corrected chi connectivity index (χ1v) is 6.71. The monoisotopic (exact) mass is 267 g/mol. The molecule has 0 saturated carbocycles. The molecule has 0 unspecified atom stereocenters. The van der Waals surface area contributed by atoms with Gasteiger partial charge in [0, 0.05) is 25.6 Å². The number of amides is 1. The third kappa shape index (κ3) is 5.84. The Kier molecular flexibility index (Phi) is 6.46. The zero-order valence-corrected chi connectivity index (χ0v) is 11.1. The van der Waals surface area contributed by atoms with Crippen LogP contribution in [0.3, 0.4) is 0 Å². The van der Waals surface area contributed by atoms with Crippen molar-refractivity contribution in [3.05, 3.63) is 35.9 Å². The number of carbonyl (C=O) groups excluding carboxylic acids is 2. The van der Waals surface area contributed by atoms with E-state index >= 15 is 0 Å². The minimum atomic E-state index is -0.757. The van der Waals surface area contributed by atoms with E-state index in [0.717, 1.165) is 17.3 Å². The first kappa shape index (κ1) is 14.7. The Morgan fingerprint density at radius 2 is 2.00 bits per heavy atom. The second-order valence-corrected chi connectivity index (χ2v) is 4.99. The summed E-state index contributed by atoms with van der Waals surface area (Å²) >= 11 is 1.13. The van der Waals surface area contributed by atoms with Crippen LogP contribution in [0.5, 0.6) is 0 Å². The first-order chi connectivity index (χ1) is 8.59. The van der Waals surface area contributed by atoms with E-state index in [9.17, 15) is 14.7 Å². The number of aliphatic hydroxyl groups excluding tert-OH is 1. The molecule has 0 saturated heterocycles. The van der Waals surface area contributed by atoms with Gasteiger partial charge in [0.1, 0.15) is 0 Å². The van der Waals surface area contributed by atoms with Gasteiger partial charge in [-0.15, -0.1) is 0 Å². The molecule has 4 nitrogen and oxygen atoms in total. The summed E-state index contributed by atoms with van der Waals surface area (Å²) in [7, 11) is 0. The molecule has 0 aromatic heterocycles. The van der Waals surface area contributed by atoms with Gasteiger partial charge in [-0.3, -0.25) is 9.59 Å². The van der Waals surface area contributed by atoms with Gasteiger partial charge in [0.2, 0.25) is 5.91 Å². The predicted molar refractivity (Wildman–Crippen MR) is 72.2 cm³/mol. The largest absolute Gasteiger partial charge is 0.388 e. The highest BCUT2D eigenvalue weighted by atomic mass is 32.2. The molecular formula is C13H17NO3S. The van der Waals surface area contributed by atoms with Crippen LogP contribution in [0, 0.1) is 0 Å². The van der Waals surface area contributed by atoms with Crippen molar-refractivity contribution < 1.29 is 14.7 Å². The summed E-state index contributed by atoms with van der Waals surface area (Å²) in [4.78, 5) is 22.2. The Balaban J connectivity index is 2.26. The fraction of sp³-hybridized carbons (Fsp3) is 0.385. The Hall–Kier alpha value is -1.33. The van der Waals surface area contributed by atoms with Crippen molar-refractivity contribution in [1.82, 2.24) is 5.32 Å². The van der Waals surface area contributed by atoms with Crippen molar-refractivity contribution in [1.29, 1.82) is 0 Å². The quantitative estimate of drug-likeness (QED) is 0.767. The summed E-state index contributed by atoms with van der Waals surface area (Å²) in [6.07, 6.45) is -0.665. The molecule has 2 N–H and O–H groups in total. The van der Waals surface area contributed by atoms with E-state index in [-0.39, 0.29) is 17.4 Å². The average Bonchev–Trinajstić information content (AvgIpc) is 2.35. The summed E-state index contributed by atoms with van der Waals surface area (Å²) in [6.45, 7) is 1.90. The highest BCUT2D eigenvalue weighted by Gasteiger charge is 2.12. The smallest absolute Gasteiger partial charge is 0.216 e. The second-order valence-electron chi connectivity index (χ2n) is 3.83. The third-order valence-electron chi connectivity index (χ3n) is 2.28. The normalized spacial score (nSPS) is 11.9. The van der Waals surface area contributed by atoms with E-state index in [4.69, 9.17) is 0 Å². The van der Waals surface area contributed by atoms with Crippen molar-refractivity contribution >= 4 is 22.8 Å². The number of thioether (sulfide) groups is 1. The van der Waals surface area contributed by atoms with E-state index in [1.807, 2.05) is 18.2 Å². The molecule has 1 rings (SSSR count). The minimum Gasteiger partial charge on any atom is -0.388 e. The Bertz CT molecular complexity index is 394. The highest BCUT2D eigenvalue weighted by molar-refractivity contribution is 8.13. The van der Waals surface area contributed by atoms with Gasteiger partial charge in [-0.2, -0.15) is 0 Å². The molecule has 0 spiro atoms. The molecule has 1 aromatic rings. The molecule has 1 amide bonds. The zero-order chi connectivity index (χ0) is 13.4. The van der Waals surface area contributed by atoms with Crippen molar-refractivity contribution in [2.45, 2.75) is 19.4 Å². The van der Waals surface area contributed by atoms with E-state index in [1.165, 1.54) is 6.92 Å². The zero-order valence-electron chi connectivity index (χ0n) is 10.3. The Labute approximate surface area is 111 Å². The average molecular weight is 267 g/mol. The van der Waals surface area contributed by atoms with Crippen molar-refractivity contribution in [2.75, 3.05) is 12.3 Å². The molecular weight excluding hydrogens is 250 g/mol. The van der Waals surface area contributed by atoms with Crippen LogP contribution >= 0.6 is 11.8 Å². The maximum absolute atomic E-state index is 11.6. The Morgan fingerprint density at radius 3 is 2.61 bits per heavy atom. The molecule has 18 heavy (non-hydrogen) atoms. The number of hydrogen-bond donors (Lipinski definition) is 2. The summed E-state index contributed by atoms with van der Waals surface area (Å²) in [6, 6.07) is 9.10. The van der Waals surface area contributed by atoms with E-state index in [1.54, 1.807) is 12.1 Å². The fourth-order valence-corrected chi connectivity index (χ4v) is 2.11. The number of nitrogens with one attached hydrogen (secondary N) is 1. The van der Waals surface area contributed by atoms with Gasteiger partial charge < -0.3 is 10.4 Å². The molecule has 0 aliphatic carbocycles. The topological polar surface area (TPSA) is 66.4 Å². The van der Waals surface area contributed by atoms with Gasteiger partial charge >= 0.3 is 0 Å². The lowest BCUT2D eigenvalue weighted by Gasteiger charge is -2.09. The lowest BCUT2D eigenvalue weighted by molar-refractivity contribution is -0.119. The van der Waals surface area contributed by atoms with Gasteiger partial charge in [-0.25, -0.2) is 0 Å². The van der Waals surface area contributed by atoms with Gasteiger partial charge in [0.15, 0.2) is 5.12 Å². The summed E-state index contributed by atoms with van der Waals surface area (Å²) in [5, 5.41) is 12.4. The molecule has 0 heterocycles. The number of carbonyl (C=O) groups is 2. The van der Waals surface area contributed by atoms with Gasteiger partial charge in [0.25, 0.3) is 0 Å². The van der Waals surface area contributed by atoms with Crippen LogP contribution in [-0.2, 0) is 9.59 Å². The lowest BCUT2D eigenvalue weighted by atomic mass is 10.1. The first-order valence-electron chi connectivity index (χ1n) is 5.72. The maximum atomic E-state index is 11.6. The molecule has 0 aliphatic heterocycles. The molecule has 98 valence electrons. The number of hydrogen-bond acceptors (Lipinski definition) is 4. The van der Waals surface area contributed by atoms with Crippen LogP contribution < -0.4 is 5.32 Å². The SMILES string of the molecule is CC(=O)NCCSC(=O)C[C@H](O)c1ccccc1. The molecule has 0 aliphatic rings. The third-order valence-corrected chi connectivity index (χ3v) is 3.18.